The van der Waals surface area contributed by atoms with Crippen molar-refractivity contribution in [3.63, 3.8) is 0 Å². The standard InChI is InChI=1S/C11H22O2/c12-9-11(10-13)7-5-3-1-2-4-6-8-11/h12-13H,1-10H2. The fourth-order valence-corrected chi connectivity index (χ4v) is 2.20. The molecular formula is C11H22O2. The van der Waals surface area contributed by atoms with E-state index in [-0.39, 0.29) is 18.6 Å². The minimum Gasteiger partial charge on any atom is -0.396 e. The van der Waals surface area contributed by atoms with Crippen molar-refractivity contribution in [1.82, 2.24) is 0 Å². The van der Waals surface area contributed by atoms with E-state index in [0.29, 0.717) is 0 Å². The Kier molecular flexibility index (Phi) is 4.74. The molecule has 78 valence electrons. The summed E-state index contributed by atoms with van der Waals surface area (Å²) in [5, 5.41) is 18.6. The van der Waals surface area contributed by atoms with Crippen LogP contribution < -0.4 is 0 Å². The van der Waals surface area contributed by atoms with Gasteiger partial charge in [0.05, 0.1) is 13.2 Å². The largest absolute Gasteiger partial charge is 0.396 e. The van der Waals surface area contributed by atoms with Gasteiger partial charge < -0.3 is 10.2 Å². The van der Waals surface area contributed by atoms with Gasteiger partial charge in [0, 0.05) is 5.41 Å². The van der Waals surface area contributed by atoms with E-state index in [0.717, 1.165) is 12.8 Å². The summed E-state index contributed by atoms with van der Waals surface area (Å²) < 4.78 is 0. The molecule has 0 atom stereocenters. The van der Waals surface area contributed by atoms with Crippen molar-refractivity contribution < 1.29 is 10.2 Å². The number of hydrogen-bond donors (Lipinski definition) is 2. The predicted octanol–water partition coefficient (Wildman–Crippen LogP) is 2.09. The first-order chi connectivity index (χ1) is 6.33. The van der Waals surface area contributed by atoms with E-state index in [1.54, 1.807) is 0 Å². The van der Waals surface area contributed by atoms with Crippen molar-refractivity contribution in [2.75, 3.05) is 13.2 Å². The average molecular weight is 186 g/mol. The molecule has 0 aliphatic heterocycles. The van der Waals surface area contributed by atoms with E-state index in [4.69, 9.17) is 0 Å². The SMILES string of the molecule is OCC1(CO)CCCCCCCC1. The molecule has 0 unspecified atom stereocenters. The highest BCUT2D eigenvalue weighted by Crippen LogP contribution is 2.32. The lowest BCUT2D eigenvalue weighted by atomic mass is 9.80. The zero-order chi connectivity index (χ0) is 9.57. The monoisotopic (exact) mass is 186 g/mol. The summed E-state index contributed by atoms with van der Waals surface area (Å²) in [5.74, 6) is 0. The van der Waals surface area contributed by atoms with Crippen LogP contribution in [0.5, 0.6) is 0 Å². The molecule has 0 aromatic rings. The molecule has 1 rings (SSSR count). The summed E-state index contributed by atoms with van der Waals surface area (Å²) in [5.41, 5.74) is -0.162. The molecule has 0 heterocycles. The molecule has 1 aliphatic carbocycles. The maximum absolute atomic E-state index is 9.29. The zero-order valence-electron chi connectivity index (χ0n) is 8.47. The summed E-state index contributed by atoms with van der Waals surface area (Å²) in [4.78, 5) is 0. The molecule has 0 spiro atoms. The molecule has 2 N–H and O–H groups in total. The third-order valence-corrected chi connectivity index (χ3v) is 3.34. The molecule has 0 radical (unpaired) electrons. The Morgan fingerprint density at radius 3 is 1.46 bits per heavy atom. The van der Waals surface area contributed by atoms with Crippen LogP contribution in [0, 0.1) is 5.41 Å². The molecule has 1 fully saturated rings. The second-order valence-electron chi connectivity index (χ2n) is 4.44. The van der Waals surface area contributed by atoms with Crippen LogP contribution >= 0.6 is 0 Å². The van der Waals surface area contributed by atoms with Gasteiger partial charge in [-0.2, -0.15) is 0 Å². The lowest BCUT2D eigenvalue weighted by molar-refractivity contribution is 0.0369. The Labute approximate surface area is 81.0 Å². The fourth-order valence-electron chi connectivity index (χ4n) is 2.20. The maximum atomic E-state index is 9.29. The van der Waals surface area contributed by atoms with E-state index >= 15 is 0 Å². The van der Waals surface area contributed by atoms with Crippen LogP contribution in [-0.2, 0) is 0 Å². The van der Waals surface area contributed by atoms with Crippen molar-refractivity contribution in [3.8, 4) is 0 Å². The Morgan fingerprint density at radius 2 is 1.08 bits per heavy atom. The Balaban J connectivity index is 2.47. The van der Waals surface area contributed by atoms with Crippen molar-refractivity contribution >= 4 is 0 Å². The van der Waals surface area contributed by atoms with Gasteiger partial charge in [0.1, 0.15) is 0 Å². The van der Waals surface area contributed by atoms with E-state index in [1.165, 1.54) is 38.5 Å². The molecule has 1 saturated carbocycles. The van der Waals surface area contributed by atoms with Crippen LogP contribution in [-0.4, -0.2) is 23.4 Å². The van der Waals surface area contributed by atoms with Gasteiger partial charge in [-0.1, -0.05) is 38.5 Å². The smallest absolute Gasteiger partial charge is 0.0509 e. The van der Waals surface area contributed by atoms with Crippen molar-refractivity contribution in [2.24, 2.45) is 5.41 Å². The Morgan fingerprint density at radius 1 is 0.692 bits per heavy atom. The number of aliphatic hydroxyl groups is 2. The van der Waals surface area contributed by atoms with Gasteiger partial charge in [-0.15, -0.1) is 0 Å². The number of aliphatic hydroxyl groups excluding tert-OH is 2. The van der Waals surface area contributed by atoms with E-state index in [2.05, 4.69) is 0 Å². The highest BCUT2D eigenvalue weighted by Gasteiger charge is 2.27. The van der Waals surface area contributed by atoms with Gasteiger partial charge in [0.25, 0.3) is 0 Å². The van der Waals surface area contributed by atoms with Crippen LogP contribution in [0.15, 0.2) is 0 Å². The molecule has 0 aromatic heterocycles. The lowest BCUT2D eigenvalue weighted by Crippen LogP contribution is -2.29. The first-order valence-corrected chi connectivity index (χ1v) is 5.55. The van der Waals surface area contributed by atoms with Crippen molar-refractivity contribution in [3.05, 3.63) is 0 Å². The summed E-state index contributed by atoms with van der Waals surface area (Å²) in [6, 6.07) is 0. The van der Waals surface area contributed by atoms with E-state index < -0.39 is 0 Å². The van der Waals surface area contributed by atoms with Crippen LogP contribution in [0.2, 0.25) is 0 Å². The minimum absolute atomic E-state index is 0.156. The summed E-state index contributed by atoms with van der Waals surface area (Å²) in [7, 11) is 0. The number of rotatable bonds is 2. The molecule has 1 aliphatic rings. The van der Waals surface area contributed by atoms with E-state index in [1.807, 2.05) is 0 Å². The minimum atomic E-state index is -0.162. The quantitative estimate of drug-likeness (QED) is 0.693. The van der Waals surface area contributed by atoms with Crippen LogP contribution in [0.25, 0.3) is 0 Å². The summed E-state index contributed by atoms with van der Waals surface area (Å²) in [6.45, 7) is 0.312. The summed E-state index contributed by atoms with van der Waals surface area (Å²) in [6.07, 6.45) is 9.52. The first-order valence-electron chi connectivity index (χ1n) is 5.55. The van der Waals surface area contributed by atoms with Gasteiger partial charge in [-0.25, -0.2) is 0 Å². The van der Waals surface area contributed by atoms with Gasteiger partial charge in [-0.3, -0.25) is 0 Å². The lowest BCUT2D eigenvalue weighted by Gasteiger charge is -2.29. The second kappa shape index (κ2) is 5.61. The number of hydrogen-bond acceptors (Lipinski definition) is 2. The average Bonchev–Trinajstić information content (AvgIpc) is 2.29. The predicted molar refractivity (Wildman–Crippen MR) is 53.5 cm³/mol. The Bertz CT molecular complexity index is 118. The van der Waals surface area contributed by atoms with Gasteiger partial charge >= 0.3 is 0 Å². The van der Waals surface area contributed by atoms with Crippen LogP contribution in [0.1, 0.15) is 51.4 Å². The van der Waals surface area contributed by atoms with Gasteiger partial charge in [0.2, 0.25) is 0 Å². The van der Waals surface area contributed by atoms with Crippen LogP contribution in [0.4, 0.5) is 0 Å². The van der Waals surface area contributed by atoms with Gasteiger partial charge in [0.15, 0.2) is 0 Å². The fraction of sp³-hybridized carbons (Fsp3) is 1.00. The molecular weight excluding hydrogens is 164 g/mol. The molecule has 0 bridgehead atoms. The molecule has 13 heavy (non-hydrogen) atoms. The molecule has 0 amide bonds. The first kappa shape index (κ1) is 11.0. The molecule has 0 saturated heterocycles. The molecule has 2 nitrogen and oxygen atoms in total. The topological polar surface area (TPSA) is 40.5 Å². The molecule has 2 heteroatoms. The highest BCUT2D eigenvalue weighted by molar-refractivity contribution is 4.78. The Hall–Kier alpha value is -0.0800. The molecule has 0 aromatic carbocycles. The van der Waals surface area contributed by atoms with Crippen LogP contribution in [0.3, 0.4) is 0 Å². The zero-order valence-corrected chi connectivity index (χ0v) is 8.47. The maximum Gasteiger partial charge on any atom is 0.0509 e. The third-order valence-electron chi connectivity index (χ3n) is 3.34. The van der Waals surface area contributed by atoms with Crippen molar-refractivity contribution in [1.29, 1.82) is 0 Å². The summed E-state index contributed by atoms with van der Waals surface area (Å²) >= 11 is 0. The highest BCUT2D eigenvalue weighted by atomic mass is 16.3. The third kappa shape index (κ3) is 3.28. The van der Waals surface area contributed by atoms with Crippen molar-refractivity contribution in [2.45, 2.75) is 51.4 Å². The van der Waals surface area contributed by atoms with Gasteiger partial charge in [-0.05, 0) is 12.8 Å². The second-order valence-corrected chi connectivity index (χ2v) is 4.44. The normalized spacial score (nSPS) is 24.5. The van der Waals surface area contributed by atoms with E-state index in [9.17, 15) is 10.2 Å².